The quantitative estimate of drug-likeness (QED) is 0.222. The highest BCUT2D eigenvalue weighted by Crippen LogP contribution is 2.36. The van der Waals surface area contributed by atoms with Crippen LogP contribution in [0.15, 0.2) is 103 Å². The molecule has 7 heteroatoms. The van der Waals surface area contributed by atoms with Crippen LogP contribution in [0.1, 0.15) is 11.1 Å². The number of benzene rings is 3. The number of pyridine rings is 2. The third kappa shape index (κ3) is 4.35. The zero-order valence-electron chi connectivity index (χ0n) is 20.7. The second-order valence-corrected chi connectivity index (χ2v) is 11.4. The maximum Gasteiger partial charge on any atom is 0.416 e. The van der Waals surface area contributed by atoms with Crippen LogP contribution < -0.4 is 10.7 Å². The van der Waals surface area contributed by atoms with E-state index in [0.717, 1.165) is 61.8 Å². The summed E-state index contributed by atoms with van der Waals surface area (Å²) < 4.78 is 42.0. The molecule has 3 aromatic heterocycles. The molecule has 3 heterocycles. The van der Waals surface area contributed by atoms with E-state index in [1.807, 2.05) is 49.3 Å². The Morgan fingerprint density at radius 1 is 0.711 bits per heavy atom. The molecule has 1 unspecified atom stereocenters. The molecule has 0 saturated heterocycles. The highest BCUT2D eigenvalue weighted by Gasteiger charge is 2.31. The fourth-order valence-electron chi connectivity index (χ4n) is 4.84. The summed E-state index contributed by atoms with van der Waals surface area (Å²) in [4.78, 5) is 8.93. The van der Waals surface area contributed by atoms with Gasteiger partial charge in [-0.15, -0.1) is 0 Å². The topological polar surface area (TPSA) is 30.7 Å². The van der Waals surface area contributed by atoms with Crippen LogP contribution >= 0.6 is 7.92 Å². The number of halogens is 3. The number of fused-ring (bicyclic) bond motifs is 3. The van der Waals surface area contributed by atoms with Crippen molar-refractivity contribution in [2.75, 3.05) is 6.66 Å². The van der Waals surface area contributed by atoms with E-state index in [1.54, 1.807) is 0 Å². The van der Waals surface area contributed by atoms with E-state index in [9.17, 15) is 13.2 Å². The van der Waals surface area contributed by atoms with Crippen molar-refractivity contribution in [2.24, 2.45) is 0 Å². The Kier molecular flexibility index (Phi) is 6.00. The van der Waals surface area contributed by atoms with Gasteiger partial charge in [-0.3, -0.25) is 9.55 Å². The maximum absolute atomic E-state index is 13.3. The molecule has 0 fully saturated rings. The fraction of sp³-hybridized carbons (Fsp3) is 0.0968. The highest BCUT2D eigenvalue weighted by atomic mass is 31.1. The Bertz CT molecular complexity index is 1810. The first-order chi connectivity index (χ1) is 18.3. The SMILES string of the molecule is Cc1ccnc(-n2c3ccccc3c3ccc(-c4cccc(P(C)c5cc(C(F)(F)F)ccn5)c4)cc32)c1. The van der Waals surface area contributed by atoms with Crippen LogP contribution in [0.4, 0.5) is 13.2 Å². The molecule has 0 saturated carbocycles. The van der Waals surface area contributed by atoms with Crippen molar-refractivity contribution in [3.05, 3.63) is 115 Å². The number of alkyl halides is 3. The van der Waals surface area contributed by atoms with Crippen LogP contribution in [0.2, 0.25) is 0 Å². The standard InChI is InChI=1S/C31H23F3N3P/c1-20-12-14-35-29(16-20)37-27-9-4-3-8-25(27)26-11-10-22(18-28(26)37)21-6-5-7-24(17-21)38(2)30-19-23(13-15-36-30)31(32,33)34/h3-19H,1-2H3. The van der Waals surface area contributed by atoms with Crippen LogP contribution in [0.3, 0.4) is 0 Å². The number of nitrogens with zero attached hydrogens (tertiary/aromatic N) is 3. The van der Waals surface area contributed by atoms with E-state index in [4.69, 9.17) is 0 Å². The van der Waals surface area contributed by atoms with Crippen molar-refractivity contribution < 1.29 is 13.2 Å². The lowest BCUT2D eigenvalue weighted by Crippen LogP contribution is -2.17. The summed E-state index contributed by atoms with van der Waals surface area (Å²) in [6.07, 6.45) is -1.33. The number of rotatable bonds is 4. The van der Waals surface area contributed by atoms with Gasteiger partial charge in [0, 0.05) is 23.2 Å². The zero-order chi connectivity index (χ0) is 26.4. The predicted molar refractivity (Wildman–Crippen MR) is 150 cm³/mol. The summed E-state index contributed by atoms with van der Waals surface area (Å²) in [6.45, 7) is 4.00. The molecule has 6 aromatic rings. The van der Waals surface area contributed by atoms with Crippen molar-refractivity contribution in [2.45, 2.75) is 13.1 Å². The number of para-hydroxylation sites is 1. The first-order valence-corrected chi connectivity index (χ1v) is 13.9. The Morgan fingerprint density at radius 3 is 2.29 bits per heavy atom. The molecule has 0 bridgehead atoms. The van der Waals surface area contributed by atoms with Gasteiger partial charge in [-0.25, -0.2) is 4.98 Å². The van der Waals surface area contributed by atoms with Gasteiger partial charge >= 0.3 is 6.18 Å². The molecule has 0 amide bonds. The van der Waals surface area contributed by atoms with Gasteiger partial charge in [-0.05, 0) is 86.0 Å². The van der Waals surface area contributed by atoms with Crippen molar-refractivity contribution >= 4 is 40.5 Å². The molecule has 188 valence electrons. The third-order valence-corrected chi connectivity index (χ3v) is 8.77. The van der Waals surface area contributed by atoms with E-state index >= 15 is 0 Å². The zero-order valence-corrected chi connectivity index (χ0v) is 21.6. The molecule has 0 aliphatic carbocycles. The van der Waals surface area contributed by atoms with Gasteiger partial charge in [-0.2, -0.15) is 13.2 Å². The van der Waals surface area contributed by atoms with Crippen LogP contribution in [0.5, 0.6) is 0 Å². The van der Waals surface area contributed by atoms with Crippen LogP contribution in [0, 0.1) is 6.92 Å². The summed E-state index contributed by atoms with van der Waals surface area (Å²) in [5, 5.41) is 3.25. The van der Waals surface area contributed by atoms with Gasteiger partial charge in [0.05, 0.1) is 22.0 Å². The van der Waals surface area contributed by atoms with Crippen LogP contribution in [-0.2, 0) is 6.18 Å². The minimum atomic E-state index is -4.39. The first kappa shape index (κ1) is 24.3. The second-order valence-electron chi connectivity index (χ2n) is 9.29. The highest BCUT2D eigenvalue weighted by molar-refractivity contribution is 7.72. The van der Waals surface area contributed by atoms with Gasteiger partial charge in [0.25, 0.3) is 0 Å². The number of aromatic nitrogens is 3. The minimum absolute atomic E-state index is 0.452. The van der Waals surface area contributed by atoms with Gasteiger partial charge in [0.2, 0.25) is 0 Å². The lowest BCUT2D eigenvalue weighted by atomic mass is 10.0. The molecule has 0 aliphatic rings. The lowest BCUT2D eigenvalue weighted by molar-refractivity contribution is -0.137. The van der Waals surface area contributed by atoms with Crippen molar-refractivity contribution in [1.82, 2.24) is 14.5 Å². The molecule has 1 atom stereocenters. The smallest absolute Gasteiger partial charge is 0.294 e. The number of aryl methyl sites for hydroxylation is 1. The van der Waals surface area contributed by atoms with Crippen LogP contribution in [0.25, 0.3) is 38.8 Å². The van der Waals surface area contributed by atoms with Crippen molar-refractivity contribution in [3.8, 4) is 16.9 Å². The molecule has 3 nitrogen and oxygen atoms in total. The van der Waals surface area contributed by atoms with Gasteiger partial charge in [0.1, 0.15) is 5.82 Å². The van der Waals surface area contributed by atoms with Crippen molar-refractivity contribution in [3.63, 3.8) is 0 Å². The van der Waals surface area contributed by atoms with E-state index in [-0.39, 0.29) is 0 Å². The molecular weight excluding hydrogens is 502 g/mol. The summed E-state index contributed by atoms with van der Waals surface area (Å²) in [7, 11) is -1.06. The van der Waals surface area contributed by atoms with E-state index in [1.165, 1.54) is 6.20 Å². The fourth-order valence-corrected chi connectivity index (χ4v) is 6.32. The molecule has 38 heavy (non-hydrogen) atoms. The molecule has 0 aliphatic heterocycles. The van der Waals surface area contributed by atoms with E-state index < -0.39 is 19.7 Å². The van der Waals surface area contributed by atoms with Gasteiger partial charge in [-0.1, -0.05) is 48.5 Å². The molecule has 0 N–H and O–H groups in total. The molecule has 0 radical (unpaired) electrons. The summed E-state index contributed by atoms with van der Waals surface area (Å²) in [5.74, 6) is 0.856. The molecule has 6 rings (SSSR count). The average Bonchev–Trinajstić information content (AvgIpc) is 3.26. The molecular formula is C31H23F3N3P. The molecule has 3 aromatic carbocycles. The number of hydrogen-bond donors (Lipinski definition) is 0. The van der Waals surface area contributed by atoms with E-state index in [0.29, 0.717) is 5.44 Å². The number of hydrogen-bond acceptors (Lipinski definition) is 2. The second kappa shape index (κ2) is 9.38. The summed E-state index contributed by atoms with van der Waals surface area (Å²) in [5.41, 5.74) is 5.06. The van der Waals surface area contributed by atoms with Crippen LogP contribution in [-0.4, -0.2) is 21.2 Å². The Labute approximate surface area is 219 Å². The van der Waals surface area contributed by atoms with Crippen molar-refractivity contribution in [1.29, 1.82) is 0 Å². The average molecular weight is 526 g/mol. The minimum Gasteiger partial charge on any atom is -0.294 e. The Hall–Kier alpha value is -4.02. The Morgan fingerprint density at radius 2 is 1.47 bits per heavy atom. The molecule has 0 spiro atoms. The summed E-state index contributed by atoms with van der Waals surface area (Å²) in [6, 6.07) is 28.9. The largest absolute Gasteiger partial charge is 0.416 e. The Balaban J connectivity index is 1.46. The third-order valence-electron chi connectivity index (χ3n) is 6.79. The van der Waals surface area contributed by atoms with Gasteiger partial charge < -0.3 is 0 Å². The normalized spacial score (nSPS) is 12.8. The van der Waals surface area contributed by atoms with E-state index in [2.05, 4.69) is 63.9 Å². The monoisotopic (exact) mass is 525 g/mol. The maximum atomic E-state index is 13.3. The predicted octanol–water partition coefficient (Wildman–Crippen LogP) is 7.63. The lowest BCUT2D eigenvalue weighted by Gasteiger charge is -2.15. The first-order valence-electron chi connectivity index (χ1n) is 12.1. The van der Waals surface area contributed by atoms with Gasteiger partial charge in [0.15, 0.2) is 0 Å². The summed E-state index contributed by atoms with van der Waals surface area (Å²) >= 11 is 0.